The van der Waals surface area contributed by atoms with Gasteiger partial charge < -0.3 is 5.32 Å². The molecular weight excluding hydrogens is 258 g/mol. The number of nitrogens with one attached hydrogen (secondary N) is 1. The Bertz CT molecular complexity index is 666. The first-order chi connectivity index (χ1) is 9.79. The van der Waals surface area contributed by atoms with Gasteiger partial charge in [-0.25, -0.2) is 0 Å². The summed E-state index contributed by atoms with van der Waals surface area (Å²) < 4.78 is 0. The molecule has 0 saturated carbocycles. The zero-order chi connectivity index (χ0) is 15.6. The molecule has 0 spiro atoms. The normalized spacial score (nSPS) is 11.3. The first-order valence-electron chi connectivity index (χ1n) is 7.27. The number of hydrogen-bond donors (Lipinski definition) is 1. The standard InChI is InChI=1S/C19H23NO/c1-13-10-11-15(14(2)12-13)18(21)20-17-9-7-6-8-16(17)19(3,4)5/h6-12H,1-5H3,(H,20,21). The molecular formula is C19H23NO. The lowest BCUT2D eigenvalue weighted by molar-refractivity contribution is 0.102. The quantitative estimate of drug-likeness (QED) is 0.837. The fourth-order valence-corrected chi connectivity index (χ4v) is 2.50. The van der Waals surface area contributed by atoms with E-state index in [0.717, 1.165) is 22.4 Å². The number of benzene rings is 2. The van der Waals surface area contributed by atoms with E-state index in [2.05, 4.69) is 32.2 Å². The van der Waals surface area contributed by atoms with Crippen LogP contribution in [0.1, 0.15) is 47.8 Å². The molecule has 0 fully saturated rings. The van der Waals surface area contributed by atoms with Crippen molar-refractivity contribution < 1.29 is 4.79 Å². The molecule has 0 aliphatic carbocycles. The molecule has 0 bridgehead atoms. The van der Waals surface area contributed by atoms with Gasteiger partial charge >= 0.3 is 0 Å². The van der Waals surface area contributed by atoms with Gasteiger partial charge in [0.1, 0.15) is 0 Å². The fraction of sp³-hybridized carbons (Fsp3) is 0.316. The van der Waals surface area contributed by atoms with Crippen LogP contribution in [0.15, 0.2) is 42.5 Å². The van der Waals surface area contributed by atoms with Crippen LogP contribution in [-0.4, -0.2) is 5.91 Å². The molecule has 1 amide bonds. The van der Waals surface area contributed by atoms with Crippen LogP contribution in [0.5, 0.6) is 0 Å². The van der Waals surface area contributed by atoms with Crippen molar-refractivity contribution in [1.82, 2.24) is 0 Å². The Balaban J connectivity index is 2.32. The summed E-state index contributed by atoms with van der Waals surface area (Å²) in [5, 5.41) is 3.05. The van der Waals surface area contributed by atoms with Crippen molar-refractivity contribution in [3.8, 4) is 0 Å². The van der Waals surface area contributed by atoms with Gasteiger partial charge in [-0.05, 0) is 42.5 Å². The number of carbonyl (C=O) groups excluding carboxylic acids is 1. The lowest BCUT2D eigenvalue weighted by Gasteiger charge is -2.23. The third-order valence-corrected chi connectivity index (χ3v) is 3.61. The van der Waals surface area contributed by atoms with E-state index in [0.29, 0.717) is 0 Å². The van der Waals surface area contributed by atoms with Crippen molar-refractivity contribution >= 4 is 11.6 Å². The van der Waals surface area contributed by atoms with Gasteiger partial charge in [-0.15, -0.1) is 0 Å². The van der Waals surface area contributed by atoms with Crippen LogP contribution in [0.3, 0.4) is 0 Å². The molecule has 0 unspecified atom stereocenters. The third-order valence-electron chi connectivity index (χ3n) is 3.61. The predicted octanol–water partition coefficient (Wildman–Crippen LogP) is 4.85. The van der Waals surface area contributed by atoms with Crippen LogP contribution < -0.4 is 5.32 Å². The minimum Gasteiger partial charge on any atom is -0.322 e. The highest BCUT2D eigenvalue weighted by Gasteiger charge is 2.19. The van der Waals surface area contributed by atoms with Crippen molar-refractivity contribution in [3.05, 3.63) is 64.7 Å². The number of amides is 1. The van der Waals surface area contributed by atoms with Gasteiger partial charge in [0.15, 0.2) is 0 Å². The third kappa shape index (κ3) is 3.52. The van der Waals surface area contributed by atoms with E-state index in [1.165, 1.54) is 5.56 Å². The molecule has 0 aliphatic heterocycles. The summed E-state index contributed by atoms with van der Waals surface area (Å²) in [7, 11) is 0. The summed E-state index contributed by atoms with van der Waals surface area (Å²) in [6, 6.07) is 13.9. The maximum absolute atomic E-state index is 12.5. The Morgan fingerprint density at radius 2 is 1.67 bits per heavy atom. The van der Waals surface area contributed by atoms with Crippen LogP contribution in [0.25, 0.3) is 0 Å². The molecule has 110 valence electrons. The number of para-hydroxylation sites is 1. The topological polar surface area (TPSA) is 29.1 Å². The second-order valence-electron chi connectivity index (χ2n) is 6.57. The number of anilines is 1. The molecule has 0 aromatic heterocycles. The average Bonchev–Trinajstić information content (AvgIpc) is 2.37. The van der Waals surface area contributed by atoms with Gasteiger partial charge in [-0.3, -0.25) is 4.79 Å². The molecule has 0 heterocycles. The molecule has 2 aromatic rings. The van der Waals surface area contributed by atoms with E-state index in [4.69, 9.17) is 0 Å². The van der Waals surface area contributed by atoms with Gasteiger partial charge in [0, 0.05) is 11.3 Å². The number of carbonyl (C=O) groups is 1. The monoisotopic (exact) mass is 281 g/mol. The molecule has 2 nitrogen and oxygen atoms in total. The summed E-state index contributed by atoms with van der Waals surface area (Å²) in [4.78, 5) is 12.5. The van der Waals surface area contributed by atoms with Crippen LogP contribution in [0, 0.1) is 13.8 Å². The molecule has 21 heavy (non-hydrogen) atoms. The van der Waals surface area contributed by atoms with Crippen molar-refractivity contribution in [2.45, 2.75) is 40.0 Å². The van der Waals surface area contributed by atoms with E-state index < -0.39 is 0 Å². The molecule has 1 N–H and O–H groups in total. The van der Waals surface area contributed by atoms with E-state index in [9.17, 15) is 4.79 Å². The van der Waals surface area contributed by atoms with E-state index >= 15 is 0 Å². The largest absolute Gasteiger partial charge is 0.322 e. The Hall–Kier alpha value is -2.09. The van der Waals surface area contributed by atoms with Gasteiger partial charge in [-0.2, -0.15) is 0 Å². The van der Waals surface area contributed by atoms with Crippen molar-refractivity contribution in [1.29, 1.82) is 0 Å². The SMILES string of the molecule is Cc1ccc(C(=O)Nc2ccccc2C(C)(C)C)c(C)c1. The Morgan fingerprint density at radius 3 is 2.29 bits per heavy atom. The molecule has 0 aliphatic rings. The van der Waals surface area contributed by atoms with Crippen molar-refractivity contribution in [2.75, 3.05) is 5.32 Å². The number of hydrogen-bond acceptors (Lipinski definition) is 1. The van der Waals surface area contributed by atoms with Crippen LogP contribution in [-0.2, 0) is 5.41 Å². The molecule has 2 heteroatoms. The minimum atomic E-state index is -0.0517. The molecule has 2 aromatic carbocycles. The van der Waals surface area contributed by atoms with Crippen LogP contribution in [0.4, 0.5) is 5.69 Å². The zero-order valence-corrected chi connectivity index (χ0v) is 13.4. The molecule has 0 radical (unpaired) electrons. The maximum Gasteiger partial charge on any atom is 0.255 e. The first-order valence-corrected chi connectivity index (χ1v) is 7.27. The fourth-order valence-electron chi connectivity index (χ4n) is 2.50. The van der Waals surface area contributed by atoms with Gasteiger partial charge in [-0.1, -0.05) is 56.7 Å². The first kappa shape index (κ1) is 15.3. The van der Waals surface area contributed by atoms with Crippen LogP contribution in [0.2, 0.25) is 0 Å². The van der Waals surface area contributed by atoms with Crippen molar-refractivity contribution in [2.24, 2.45) is 0 Å². The number of aryl methyl sites for hydroxylation is 2. The Labute approximate surface area is 127 Å². The average molecular weight is 281 g/mol. The van der Waals surface area contributed by atoms with Gasteiger partial charge in [0.05, 0.1) is 0 Å². The van der Waals surface area contributed by atoms with Gasteiger partial charge in [0.25, 0.3) is 5.91 Å². The predicted molar refractivity (Wildman–Crippen MR) is 89.0 cm³/mol. The summed E-state index contributed by atoms with van der Waals surface area (Å²) in [5.41, 5.74) is 4.91. The Kier molecular flexibility index (Phi) is 4.17. The van der Waals surface area contributed by atoms with E-state index in [1.807, 2.05) is 50.2 Å². The second kappa shape index (κ2) is 5.72. The highest BCUT2D eigenvalue weighted by molar-refractivity contribution is 6.05. The second-order valence-corrected chi connectivity index (χ2v) is 6.57. The highest BCUT2D eigenvalue weighted by atomic mass is 16.1. The summed E-state index contributed by atoms with van der Waals surface area (Å²) in [6.07, 6.45) is 0. The highest BCUT2D eigenvalue weighted by Crippen LogP contribution is 2.29. The number of rotatable bonds is 2. The maximum atomic E-state index is 12.5. The minimum absolute atomic E-state index is 0.00774. The van der Waals surface area contributed by atoms with Crippen LogP contribution >= 0.6 is 0 Å². The smallest absolute Gasteiger partial charge is 0.255 e. The summed E-state index contributed by atoms with van der Waals surface area (Å²) in [6.45, 7) is 10.4. The molecule has 0 saturated heterocycles. The lowest BCUT2D eigenvalue weighted by atomic mass is 9.86. The zero-order valence-electron chi connectivity index (χ0n) is 13.4. The van der Waals surface area contributed by atoms with E-state index in [-0.39, 0.29) is 11.3 Å². The van der Waals surface area contributed by atoms with E-state index in [1.54, 1.807) is 0 Å². The lowest BCUT2D eigenvalue weighted by Crippen LogP contribution is -2.19. The van der Waals surface area contributed by atoms with Gasteiger partial charge in [0.2, 0.25) is 0 Å². The molecule has 2 rings (SSSR count). The van der Waals surface area contributed by atoms with Crippen molar-refractivity contribution in [3.63, 3.8) is 0 Å². The summed E-state index contributed by atoms with van der Waals surface area (Å²) >= 11 is 0. The summed E-state index contributed by atoms with van der Waals surface area (Å²) in [5.74, 6) is -0.0517. The molecule has 0 atom stereocenters. The Morgan fingerprint density at radius 1 is 1.00 bits per heavy atom.